The summed E-state index contributed by atoms with van der Waals surface area (Å²) in [6, 6.07) is 4.06. The number of benzene rings is 1. The lowest BCUT2D eigenvalue weighted by molar-refractivity contribution is -0.385. The van der Waals surface area contributed by atoms with Crippen LogP contribution in [0.3, 0.4) is 0 Å². The van der Waals surface area contributed by atoms with Gasteiger partial charge >= 0.3 is 5.69 Å². The number of nitro groups is 1. The fourth-order valence-electron chi connectivity index (χ4n) is 1.92. The number of hydrogen-bond acceptors (Lipinski definition) is 6. The first-order valence-electron chi connectivity index (χ1n) is 6.02. The van der Waals surface area contributed by atoms with Crippen molar-refractivity contribution in [2.24, 2.45) is 0 Å². The van der Waals surface area contributed by atoms with E-state index in [1.165, 1.54) is 23.9 Å². The number of aryl methyl sites for hydroxylation is 1. The summed E-state index contributed by atoms with van der Waals surface area (Å²) in [4.78, 5) is 29.1. The molecule has 8 heteroatoms. The highest BCUT2D eigenvalue weighted by atomic mass is 32.2. The SMILES string of the molecule is CSc1nc(C)c(Cc2ccc(O)c([N+](=O)[O-])c2)c(=O)[nH]1. The van der Waals surface area contributed by atoms with Crippen LogP contribution in [0.2, 0.25) is 0 Å². The van der Waals surface area contributed by atoms with Crippen LogP contribution in [0.5, 0.6) is 5.75 Å². The molecule has 0 aliphatic heterocycles. The Morgan fingerprint density at radius 3 is 2.76 bits per heavy atom. The molecule has 110 valence electrons. The summed E-state index contributed by atoms with van der Waals surface area (Å²) in [6.07, 6.45) is 2.02. The van der Waals surface area contributed by atoms with Gasteiger partial charge < -0.3 is 10.1 Å². The van der Waals surface area contributed by atoms with E-state index in [4.69, 9.17) is 0 Å². The minimum absolute atomic E-state index is 0.212. The Labute approximate surface area is 124 Å². The molecule has 21 heavy (non-hydrogen) atoms. The molecule has 2 N–H and O–H groups in total. The van der Waals surface area contributed by atoms with Gasteiger partial charge in [-0.25, -0.2) is 4.98 Å². The summed E-state index contributed by atoms with van der Waals surface area (Å²) in [6.45, 7) is 1.72. The van der Waals surface area contributed by atoms with Gasteiger partial charge in [0.05, 0.1) is 4.92 Å². The van der Waals surface area contributed by atoms with Crippen molar-refractivity contribution in [2.75, 3.05) is 6.26 Å². The molecule has 0 fully saturated rings. The number of nitro benzene ring substituents is 1. The Balaban J connectivity index is 2.41. The van der Waals surface area contributed by atoms with E-state index in [-0.39, 0.29) is 17.7 Å². The Kier molecular flexibility index (Phi) is 4.27. The average molecular weight is 307 g/mol. The zero-order valence-corrected chi connectivity index (χ0v) is 12.2. The minimum Gasteiger partial charge on any atom is -0.502 e. The van der Waals surface area contributed by atoms with Crippen molar-refractivity contribution >= 4 is 17.4 Å². The predicted octanol–water partition coefficient (Wildman–Crippen LogP) is 2.00. The molecular weight excluding hydrogens is 294 g/mol. The van der Waals surface area contributed by atoms with Gasteiger partial charge in [0.2, 0.25) is 0 Å². The third-order valence-corrected chi connectivity index (χ3v) is 3.59. The second kappa shape index (κ2) is 5.96. The van der Waals surface area contributed by atoms with E-state index in [0.717, 1.165) is 0 Å². The number of nitrogens with zero attached hydrogens (tertiary/aromatic N) is 2. The zero-order chi connectivity index (χ0) is 15.6. The Bertz CT molecular complexity index is 758. The van der Waals surface area contributed by atoms with Gasteiger partial charge in [-0.3, -0.25) is 14.9 Å². The fourth-order valence-corrected chi connectivity index (χ4v) is 2.34. The van der Waals surface area contributed by atoms with Crippen LogP contribution in [-0.2, 0) is 6.42 Å². The van der Waals surface area contributed by atoms with Crippen molar-refractivity contribution in [1.29, 1.82) is 0 Å². The van der Waals surface area contributed by atoms with E-state index in [0.29, 0.717) is 22.0 Å². The first kappa shape index (κ1) is 15.0. The number of nitrogens with one attached hydrogen (secondary N) is 1. The van der Waals surface area contributed by atoms with Crippen molar-refractivity contribution in [3.8, 4) is 5.75 Å². The van der Waals surface area contributed by atoms with Crippen LogP contribution < -0.4 is 5.56 Å². The van der Waals surface area contributed by atoms with Gasteiger partial charge in [-0.1, -0.05) is 17.8 Å². The smallest absolute Gasteiger partial charge is 0.310 e. The number of phenolic OH excluding ortho intramolecular Hbond substituents is 1. The maximum atomic E-state index is 12.0. The number of phenols is 1. The highest BCUT2D eigenvalue weighted by Crippen LogP contribution is 2.27. The molecule has 0 saturated carbocycles. The number of aromatic nitrogens is 2. The molecule has 0 bridgehead atoms. The molecule has 0 spiro atoms. The first-order valence-corrected chi connectivity index (χ1v) is 7.25. The van der Waals surface area contributed by atoms with E-state index < -0.39 is 10.7 Å². The number of H-pyrrole nitrogens is 1. The molecule has 1 aromatic carbocycles. The number of aromatic amines is 1. The third-order valence-electron chi connectivity index (χ3n) is 3.01. The first-order chi connectivity index (χ1) is 9.92. The summed E-state index contributed by atoms with van der Waals surface area (Å²) in [5, 5.41) is 20.8. The van der Waals surface area contributed by atoms with Gasteiger partial charge in [0.25, 0.3) is 5.56 Å². The number of rotatable bonds is 4. The number of aromatic hydroxyl groups is 1. The summed E-state index contributed by atoms with van der Waals surface area (Å²) in [5.74, 6) is -0.398. The number of hydrogen-bond donors (Lipinski definition) is 2. The number of thioether (sulfide) groups is 1. The largest absolute Gasteiger partial charge is 0.502 e. The summed E-state index contributed by atoms with van der Waals surface area (Å²) >= 11 is 1.33. The van der Waals surface area contributed by atoms with Crippen LogP contribution in [0.4, 0.5) is 5.69 Å². The molecule has 0 atom stereocenters. The van der Waals surface area contributed by atoms with Gasteiger partial charge in [0, 0.05) is 23.7 Å². The lowest BCUT2D eigenvalue weighted by atomic mass is 10.0. The topological polar surface area (TPSA) is 109 Å². The molecule has 1 heterocycles. The molecule has 0 aliphatic rings. The predicted molar refractivity (Wildman–Crippen MR) is 78.9 cm³/mol. The van der Waals surface area contributed by atoms with Gasteiger partial charge in [0.1, 0.15) is 0 Å². The average Bonchev–Trinajstić information content (AvgIpc) is 2.43. The maximum Gasteiger partial charge on any atom is 0.310 e. The van der Waals surface area contributed by atoms with E-state index in [1.807, 2.05) is 0 Å². The molecule has 0 aliphatic carbocycles. The van der Waals surface area contributed by atoms with Crippen molar-refractivity contribution in [2.45, 2.75) is 18.5 Å². The molecule has 0 amide bonds. The molecule has 7 nitrogen and oxygen atoms in total. The Morgan fingerprint density at radius 2 is 2.19 bits per heavy atom. The monoisotopic (exact) mass is 307 g/mol. The normalized spacial score (nSPS) is 10.6. The summed E-state index contributed by atoms with van der Waals surface area (Å²) < 4.78 is 0. The van der Waals surface area contributed by atoms with Crippen LogP contribution in [0, 0.1) is 17.0 Å². The molecule has 2 rings (SSSR count). The van der Waals surface area contributed by atoms with Crippen LogP contribution in [-0.4, -0.2) is 26.3 Å². The van der Waals surface area contributed by atoms with Crippen molar-refractivity contribution in [3.63, 3.8) is 0 Å². The lowest BCUT2D eigenvalue weighted by Gasteiger charge is -2.06. The van der Waals surface area contributed by atoms with Gasteiger partial charge in [-0.05, 0) is 24.8 Å². The van der Waals surface area contributed by atoms with Gasteiger partial charge in [-0.2, -0.15) is 0 Å². The highest BCUT2D eigenvalue weighted by Gasteiger charge is 2.15. The van der Waals surface area contributed by atoms with Crippen molar-refractivity contribution < 1.29 is 10.0 Å². The van der Waals surface area contributed by atoms with Crippen LogP contribution in [0.25, 0.3) is 0 Å². The second-order valence-corrected chi connectivity index (χ2v) is 5.19. The quantitative estimate of drug-likeness (QED) is 0.387. The highest BCUT2D eigenvalue weighted by molar-refractivity contribution is 7.98. The summed E-state index contributed by atoms with van der Waals surface area (Å²) in [5.41, 5.74) is 0.955. The third kappa shape index (κ3) is 3.22. The molecule has 1 aromatic heterocycles. The van der Waals surface area contributed by atoms with Crippen LogP contribution in [0.15, 0.2) is 28.2 Å². The van der Waals surface area contributed by atoms with Crippen molar-refractivity contribution in [3.05, 3.63) is 55.5 Å². The molecule has 0 unspecified atom stereocenters. The van der Waals surface area contributed by atoms with E-state index in [9.17, 15) is 20.0 Å². The van der Waals surface area contributed by atoms with Crippen LogP contribution in [0.1, 0.15) is 16.8 Å². The minimum atomic E-state index is -0.662. The lowest BCUT2D eigenvalue weighted by Crippen LogP contribution is -2.17. The fraction of sp³-hybridized carbons (Fsp3) is 0.231. The standard InChI is InChI=1S/C13H13N3O4S/c1-7-9(12(18)15-13(14-7)21-2)5-8-3-4-11(17)10(6-8)16(19)20/h3-4,6,17H,5H2,1-2H3,(H,14,15,18). The van der Waals surface area contributed by atoms with E-state index in [2.05, 4.69) is 9.97 Å². The molecular formula is C13H13N3O4S. The zero-order valence-electron chi connectivity index (χ0n) is 11.4. The maximum absolute atomic E-state index is 12.0. The van der Waals surface area contributed by atoms with Gasteiger partial charge in [0.15, 0.2) is 10.9 Å². The molecule has 0 radical (unpaired) electrons. The van der Waals surface area contributed by atoms with E-state index >= 15 is 0 Å². The second-order valence-electron chi connectivity index (χ2n) is 4.40. The molecule has 2 aromatic rings. The van der Waals surface area contributed by atoms with Gasteiger partial charge in [-0.15, -0.1) is 0 Å². The Hall–Kier alpha value is -2.35. The summed E-state index contributed by atoms with van der Waals surface area (Å²) in [7, 11) is 0. The van der Waals surface area contributed by atoms with E-state index in [1.54, 1.807) is 19.2 Å². The molecule has 0 saturated heterocycles. The Morgan fingerprint density at radius 1 is 1.48 bits per heavy atom. The van der Waals surface area contributed by atoms with Crippen molar-refractivity contribution in [1.82, 2.24) is 9.97 Å². The van der Waals surface area contributed by atoms with Crippen LogP contribution >= 0.6 is 11.8 Å².